The summed E-state index contributed by atoms with van der Waals surface area (Å²) in [5.41, 5.74) is 3.29. The average molecular weight is 306 g/mol. The Morgan fingerprint density at radius 2 is 1.87 bits per heavy atom. The quantitative estimate of drug-likeness (QED) is 0.710. The maximum Gasteiger partial charge on any atom is 0.157 e. The van der Waals surface area contributed by atoms with Gasteiger partial charge in [-0.25, -0.2) is 0 Å². The fourth-order valence-electron chi connectivity index (χ4n) is 3.40. The minimum absolute atomic E-state index is 0.0460. The molecule has 2 heterocycles. The molecule has 2 N–H and O–H groups in total. The molecule has 0 spiro atoms. The molecule has 0 bridgehead atoms. The Labute approximate surface area is 134 Å². The zero-order valence-electron chi connectivity index (χ0n) is 12.7. The van der Waals surface area contributed by atoms with Gasteiger partial charge in [-0.15, -0.1) is 0 Å². The molecule has 0 aliphatic carbocycles. The third-order valence-corrected chi connectivity index (χ3v) is 4.63. The first-order chi connectivity index (χ1) is 11.2. The first-order valence-electron chi connectivity index (χ1n) is 7.83. The van der Waals surface area contributed by atoms with Crippen LogP contribution in [0.25, 0.3) is 10.9 Å². The van der Waals surface area contributed by atoms with E-state index in [4.69, 9.17) is 0 Å². The Hall–Kier alpha value is -2.75. The summed E-state index contributed by atoms with van der Waals surface area (Å²) in [5.74, 6) is 0.243. The number of para-hydroxylation sites is 1. The van der Waals surface area contributed by atoms with Crippen LogP contribution >= 0.6 is 0 Å². The van der Waals surface area contributed by atoms with Gasteiger partial charge in [0.25, 0.3) is 0 Å². The average Bonchev–Trinajstić information content (AvgIpc) is 3.06. The van der Waals surface area contributed by atoms with Gasteiger partial charge in [0.1, 0.15) is 0 Å². The maximum atomic E-state index is 9.71. The van der Waals surface area contributed by atoms with Crippen molar-refractivity contribution in [3.8, 4) is 11.5 Å². The smallest absolute Gasteiger partial charge is 0.157 e. The molecule has 1 aliphatic heterocycles. The van der Waals surface area contributed by atoms with Gasteiger partial charge < -0.3 is 15.1 Å². The van der Waals surface area contributed by atoms with Crippen molar-refractivity contribution < 1.29 is 10.2 Å². The standard InChI is InChI=1S/C19H18N2O2/c22-18-6-5-13(11-19(18)23)14-8-10-21(12-14)17-7-9-20-16-4-2-1-3-15(16)17/h1-7,9,11,14,22-23H,8,10,12H2. The summed E-state index contributed by atoms with van der Waals surface area (Å²) in [5, 5.41) is 20.4. The molecule has 2 aromatic carbocycles. The summed E-state index contributed by atoms with van der Waals surface area (Å²) in [6.07, 6.45) is 2.89. The number of phenols is 2. The Kier molecular flexibility index (Phi) is 3.30. The van der Waals surface area contributed by atoms with E-state index in [0.29, 0.717) is 5.92 Å². The predicted molar refractivity (Wildman–Crippen MR) is 91.1 cm³/mol. The van der Waals surface area contributed by atoms with Crippen LogP contribution in [0.1, 0.15) is 17.9 Å². The predicted octanol–water partition coefficient (Wildman–Crippen LogP) is 3.64. The number of aromatic nitrogens is 1. The van der Waals surface area contributed by atoms with Crippen LogP contribution in [0.4, 0.5) is 5.69 Å². The van der Waals surface area contributed by atoms with Crippen molar-refractivity contribution >= 4 is 16.6 Å². The molecule has 4 nitrogen and oxygen atoms in total. The lowest BCUT2D eigenvalue weighted by atomic mass is 9.98. The van der Waals surface area contributed by atoms with Crippen molar-refractivity contribution in [3.63, 3.8) is 0 Å². The monoisotopic (exact) mass is 306 g/mol. The highest BCUT2D eigenvalue weighted by Gasteiger charge is 2.25. The van der Waals surface area contributed by atoms with Crippen LogP contribution in [-0.4, -0.2) is 28.3 Å². The van der Waals surface area contributed by atoms with Crippen molar-refractivity contribution in [3.05, 3.63) is 60.3 Å². The van der Waals surface area contributed by atoms with Crippen LogP contribution in [0.2, 0.25) is 0 Å². The largest absolute Gasteiger partial charge is 0.504 e. The van der Waals surface area contributed by atoms with E-state index in [1.54, 1.807) is 12.1 Å². The van der Waals surface area contributed by atoms with E-state index < -0.39 is 0 Å². The molecule has 3 aromatic rings. The first kappa shape index (κ1) is 13.9. The van der Waals surface area contributed by atoms with Crippen molar-refractivity contribution in [1.29, 1.82) is 0 Å². The highest BCUT2D eigenvalue weighted by atomic mass is 16.3. The van der Waals surface area contributed by atoms with Crippen molar-refractivity contribution in [2.24, 2.45) is 0 Å². The summed E-state index contributed by atoms with van der Waals surface area (Å²) in [4.78, 5) is 6.80. The highest BCUT2D eigenvalue weighted by molar-refractivity contribution is 5.91. The van der Waals surface area contributed by atoms with E-state index in [9.17, 15) is 10.2 Å². The number of anilines is 1. The Bertz CT molecular complexity index is 858. The second kappa shape index (κ2) is 5.47. The van der Waals surface area contributed by atoms with E-state index in [2.05, 4.69) is 22.0 Å². The molecule has 1 aromatic heterocycles. The number of benzene rings is 2. The number of hydrogen-bond acceptors (Lipinski definition) is 4. The maximum absolute atomic E-state index is 9.71. The third-order valence-electron chi connectivity index (χ3n) is 4.63. The van der Waals surface area contributed by atoms with Gasteiger partial charge in [0.05, 0.1) is 5.52 Å². The number of aromatic hydroxyl groups is 2. The summed E-state index contributed by atoms with van der Waals surface area (Å²) in [7, 11) is 0. The summed E-state index contributed by atoms with van der Waals surface area (Å²) < 4.78 is 0. The van der Waals surface area contributed by atoms with Crippen LogP contribution in [0.3, 0.4) is 0 Å². The van der Waals surface area contributed by atoms with E-state index in [1.807, 2.05) is 30.5 Å². The molecule has 4 rings (SSSR count). The Morgan fingerprint density at radius 3 is 2.74 bits per heavy atom. The SMILES string of the molecule is Oc1ccc(C2CCN(c3ccnc4ccccc34)C2)cc1O. The number of rotatable bonds is 2. The van der Waals surface area contributed by atoms with Crippen molar-refractivity contribution in [2.45, 2.75) is 12.3 Å². The molecule has 116 valence electrons. The number of nitrogens with zero attached hydrogens (tertiary/aromatic N) is 2. The molecule has 4 heteroatoms. The number of fused-ring (bicyclic) bond motifs is 1. The fourth-order valence-corrected chi connectivity index (χ4v) is 3.40. The summed E-state index contributed by atoms with van der Waals surface area (Å²) in [6.45, 7) is 1.87. The van der Waals surface area contributed by atoms with Gasteiger partial charge in [0.15, 0.2) is 11.5 Å². The van der Waals surface area contributed by atoms with E-state index in [1.165, 1.54) is 11.1 Å². The van der Waals surface area contributed by atoms with Gasteiger partial charge in [-0.05, 0) is 36.2 Å². The minimum atomic E-state index is -0.0660. The van der Waals surface area contributed by atoms with Crippen LogP contribution in [0, 0.1) is 0 Å². The molecule has 1 fully saturated rings. The van der Waals surface area contributed by atoms with Gasteiger partial charge in [0.2, 0.25) is 0 Å². The molecular weight excluding hydrogens is 288 g/mol. The molecule has 0 amide bonds. The van der Waals surface area contributed by atoms with Gasteiger partial charge in [0, 0.05) is 36.3 Å². The molecule has 1 aliphatic rings. The molecule has 1 unspecified atom stereocenters. The Balaban J connectivity index is 1.63. The molecule has 1 saturated heterocycles. The second-order valence-corrected chi connectivity index (χ2v) is 6.03. The van der Waals surface area contributed by atoms with Gasteiger partial charge in [-0.2, -0.15) is 0 Å². The highest BCUT2D eigenvalue weighted by Crippen LogP contribution is 2.36. The van der Waals surface area contributed by atoms with Crippen LogP contribution in [-0.2, 0) is 0 Å². The van der Waals surface area contributed by atoms with Gasteiger partial charge in [-0.3, -0.25) is 4.98 Å². The van der Waals surface area contributed by atoms with Crippen LogP contribution in [0.15, 0.2) is 54.7 Å². The van der Waals surface area contributed by atoms with Crippen LogP contribution < -0.4 is 4.90 Å². The number of pyridine rings is 1. The number of phenolic OH excluding ortho intramolecular Hbond substituents is 2. The molecule has 0 saturated carbocycles. The third kappa shape index (κ3) is 2.46. The molecule has 1 atom stereocenters. The molecule has 23 heavy (non-hydrogen) atoms. The number of hydrogen-bond donors (Lipinski definition) is 2. The van der Waals surface area contributed by atoms with E-state index in [0.717, 1.165) is 30.6 Å². The molecular formula is C19H18N2O2. The summed E-state index contributed by atoms with van der Waals surface area (Å²) in [6, 6.07) is 15.4. The Morgan fingerprint density at radius 1 is 1.00 bits per heavy atom. The van der Waals surface area contributed by atoms with E-state index >= 15 is 0 Å². The lowest BCUT2D eigenvalue weighted by Gasteiger charge is -2.20. The fraction of sp³-hybridized carbons (Fsp3) is 0.211. The van der Waals surface area contributed by atoms with Crippen molar-refractivity contribution in [1.82, 2.24) is 4.98 Å². The lowest BCUT2D eigenvalue weighted by Crippen LogP contribution is -2.19. The molecule has 0 radical (unpaired) electrons. The first-order valence-corrected chi connectivity index (χ1v) is 7.83. The topological polar surface area (TPSA) is 56.6 Å². The van der Waals surface area contributed by atoms with Gasteiger partial charge >= 0.3 is 0 Å². The lowest BCUT2D eigenvalue weighted by molar-refractivity contribution is 0.402. The zero-order chi connectivity index (χ0) is 15.8. The van der Waals surface area contributed by atoms with Crippen LogP contribution in [0.5, 0.6) is 11.5 Å². The zero-order valence-corrected chi connectivity index (χ0v) is 12.7. The second-order valence-electron chi connectivity index (χ2n) is 6.03. The normalized spacial score (nSPS) is 17.7. The van der Waals surface area contributed by atoms with E-state index in [-0.39, 0.29) is 11.5 Å². The van der Waals surface area contributed by atoms with Gasteiger partial charge in [-0.1, -0.05) is 24.3 Å². The van der Waals surface area contributed by atoms with Crippen molar-refractivity contribution in [2.75, 3.05) is 18.0 Å². The minimum Gasteiger partial charge on any atom is -0.504 e. The summed E-state index contributed by atoms with van der Waals surface area (Å²) >= 11 is 0.